The van der Waals surface area contributed by atoms with Crippen LogP contribution in [0.15, 0.2) is 23.2 Å². The maximum Gasteiger partial charge on any atom is 0.387 e. The molecule has 6 nitrogen and oxygen atoms in total. The Balaban J connectivity index is 2.49. The van der Waals surface area contributed by atoms with Gasteiger partial charge in [-0.25, -0.2) is 0 Å². The zero-order valence-corrected chi connectivity index (χ0v) is 15.7. The van der Waals surface area contributed by atoms with E-state index in [0.717, 1.165) is 38.2 Å². The van der Waals surface area contributed by atoms with Gasteiger partial charge < -0.3 is 24.8 Å². The summed E-state index contributed by atoms with van der Waals surface area (Å²) in [6.45, 7) is 4.01. The molecule has 0 unspecified atom stereocenters. The molecule has 0 aromatic heterocycles. The van der Waals surface area contributed by atoms with E-state index in [9.17, 15) is 8.78 Å². The van der Waals surface area contributed by atoms with Gasteiger partial charge in [0.2, 0.25) is 0 Å². The molecule has 148 valence electrons. The number of hydrogen-bond donors (Lipinski definition) is 2. The highest BCUT2D eigenvalue weighted by Gasteiger charge is 2.11. The fourth-order valence-corrected chi connectivity index (χ4v) is 2.21. The molecule has 0 heterocycles. The van der Waals surface area contributed by atoms with Crippen molar-refractivity contribution < 1.29 is 23.0 Å². The van der Waals surface area contributed by atoms with Crippen LogP contribution in [0.1, 0.15) is 32.3 Å². The lowest BCUT2D eigenvalue weighted by Crippen LogP contribution is -2.37. The molecule has 0 saturated heterocycles. The van der Waals surface area contributed by atoms with Crippen LogP contribution >= 0.6 is 0 Å². The lowest BCUT2D eigenvalue weighted by Gasteiger charge is -2.15. The molecule has 0 aliphatic heterocycles. The molecule has 1 rings (SSSR count). The number of benzene rings is 1. The molecule has 0 atom stereocenters. The molecule has 0 bridgehead atoms. The van der Waals surface area contributed by atoms with Crippen LogP contribution in [-0.4, -0.2) is 46.0 Å². The molecule has 1 aromatic carbocycles. The molecule has 26 heavy (non-hydrogen) atoms. The molecule has 8 heteroatoms. The van der Waals surface area contributed by atoms with Crippen LogP contribution < -0.4 is 20.1 Å². The van der Waals surface area contributed by atoms with Crippen molar-refractivity contribution in [3.63, 3.8) is 0 Å². The Labute approximate surface area is 153 Å². The summed E-state index contributed by atoms with van der Waals surface area (Å²) in [5, 5.41) is 6.40. The summed E-state index contributed by atoms with van der Waals surface area (Å²) >= 11 is 0. The number of alkyl halides is 2. The van der Waals surface area contributed by atoms with Crippen LogP contribution in [0.4, 0.5) is 8.78 Å². The standard InChI is InChI=1S/C18H29F2N3O3/c1-4-24-11-7-6-10-22-18(21-3)23-13-14-8-9-15(26-17(19)20)16(12-14)25-5-2/h8-9,12,17H,4-7,10-11,13H2,1-3H3,(H2,21,22,23). The zero-order chi connectivity index (χ0) is 19.2. The Kier molecular flexibility index (Phi) is 11.1. The van der Waals surface area contributed by atoms with Crippen LogP contribution in [0.3, 0.4) is 0 Å². The number of rotatable bonds is 12. The highest BCUT2D eigenvalue weighted by Crippen LogP contribution is 2.29. The Morgan fingerprint density at radius 1 is 1.12 bits per heavy atom. The third kappa shape index (κ3) is 8.84. The van der Waals surface area contributed by atoms with Gasteiger partial charge in [0.15, 0.2) is 17.5 Å². The summed E-state index contributed by atoms with van der Waals surface area (Å²) in [4.78, 5) is 4.16. The van der Waals surface area contributed by atoms with Crippen LogP contribution in [0.2, 0.25) is 0 Å². The van der Waals surface area contributed by atoms with Crippen molar-refractivity contribution in [3.05, 3.63) is 23.8 Å². The monoisotopic (exact) mass is 373 g/mol. The van der Waals surface area contributed by atoms with E-state index in [1.807, 2.05) is 6.92 Å². The minimum Gasteiger partial charge on any atom is -0.490 e. The quantitative estimate of drug-likeness (QED) is 0.335. The molecule has 0 spiro atoms. The van der Waals surface area contributed by atoms with Crippen LogP contribution in [0, 0.1) is 0 Å². The van der Waals surface area contributed by atoms with Crippen molar-refractivity contribution >= 4 is 5.96 Å². The van der Waals surface area contributed by atoms with E-state index in [4.69, 9.17) is 9.47 Å². The number of ether oxygens (including phenoxy) is 3. The highest BCUT2D eigenvalue weighted by atomic mass is 19.3. The largest absolute Gasteiger partial charge is 0.490 e. The van der Waals surface area contributed by atoms with Gasteiger partial charge in [-0.1, -0.05) is 6.07 Å². The first-order valence-electron chi connectivity index (χ1n) is 8.83. The van der Waals surface area contributed by atoms with Crippen LogP contribution in [0.25, 0.3) is 0 Å². The number of halogens is 2. The van der Waals surface area contributed by atoms with Crippen molar-refractivity contribution in [2.75, 3.05) is 33.4 Å². The number of nitrogens with zero attached hydrogens (tertiary/aromatic N) is 1. The second kappa shape index (κ2) is 13.2. The average Bonchev–Trinajstić information content (AvgIpc) is 2.62. The molecular formula is C18H29F2N3O3. The Morgan fingerprint density at radius 3 is 2.58 bits per heavy atom. The van der Waals surface area contributed by atoms with Crippen molar-refractivity contribution in [1.82, 2.24) is 10.6 Å². The van der Waals surface area contributed by atoms with E-state index in [2.05, 4.69) is 20.4 Å². The molecule has 0 aliphatic rings. The van der Waals surface area contributed by atoms with Crippen molar-refractivity contribution in [2.24, 2.45) is 4.99 Å². The Hall–Kier alpha value is -2.09. The van der Waals surface area contributed by atoms with E-state index in [-0.39, 0.29) is 5.75 Å². The van der Waals surface area contributed by atoms with Gasteiger partial charge in [-0.15, -0.1) is 0 Å². The normalized spacial score (nSPS) is 11.5. The van der Waals surface area contributed by atoms with Gasteiger partial charge in [0.25, 0.3) is 0 Å². The summed E-state index contributed by atoms with van der Waals surface area (Å²) in [6, 6.07) is 4.88. The second-order valence-electron chi connectivity index (χ2n) is 5.35. The fourth-order valence-electron chi connectivity index (χ4n) is 2.21. The van der Waals surface area contributed by atoms with Gasteiger partial charge in [-0.2, -0.15) is 8.78 Å². The lowest BCUT2D eigenvalue weighted by molar-refractivity contribution is -0.0514. The lowest BCUT2D eigenvalue weighted by atomic mass is 10.2. The first-order valence-corrected chi connectivity index (χ1v) is 8.83. The Morgan fingerprint density at radius 2 is 1.92 bits per heavy atom. The molecule has 0 aliphatic carbocycles. The number of unbranched alkanes of at least 4 members (excludes halogenated alkanes) is 1. The first kappa shape index (κ1) is 22.0. The molecule has 0 saturated carbocycles. The molecule has 0 radical (unpaired) electrons. The highest BCUT2D eigenvalue weighted by molar-refractivity contribution is 5.79. The van der Waals surface area contributed by atoms with Crippen molar-refractivity contribution in [2.45, 2.75) is 39.8 Å². The van der Waals surface area contributed by atoms with Gasteiger partial charge in [0.05, 0.1) is 6.61 Å². The summed E-state index contributed by atoms with van der Waals surface area (Å²) in [6.07, 6.45) is 1.97. The van der Waals surface area contributed by atoms with Crippen molar-refractivity contribution in [1.29, 1.82) is 0 Å². The third-order valence-corrected chi connectivity index (χ3v) is 3.42. The number of hydrogen-bond acceptors (Lipinski definition) is 4. The van der Waals surface area contributed by atoms with E-state index in [1.165, 1.54) is 6.07 Å². The molecule has 1 aromatic rings. The van der Waals surface area contributed by atoms with Gasteiger partial charge in [-0.05, 0) is 44.4 Å². The fraction of sp³-hybridized carbons (Fsp3) is 0.611. The van der Waals surface area contributed by atoms with E-state index < -0.39 is 6.61 Å². The summed E-state index contributed by atoms with van der Waals surface area (Å²) in [5.41, 5.74) is 0.870. The number of aliphatic imine (C=N–C) groups is 1. The Bertz CT molecular complexity index is 542. The molecular weight excluding hydrogens is 344 g/mol. The summed E-state index contributed by atoms with van der Waals surface area (Å²) in [7, 11) is 1.70. The van der Waals surface area contributed by atoms with Gasteiger partial charge in [0.1, 0.15) is 0 Å². The predicted molar refractivity (Wildman–Crippen MR) is 98.2 cm³/mol. The van der Waals surface area contributed by atoms with Crippen LogP contribution in [0.5, 0.6) is 11.5 Å². The molecule has 0 amide bonds. The zero-order valence-electron chi connectivity index (χ0n) is 15.7. The minimum absolute atomic E-state index is 0.0300. The molecule has 2 N–H and O–H groups in total. The first-order chi connectivity index (χ1) is 12.6. The second-order valence-corrected chi connectivity index (χ2v) is 5.35. The van der Waals surface area contributed by atoms with Crippen LogP contribution in [-0.2, 0) is 11.3 Å². The third-order valence-electron chi connectivity index (χ3n) is 3.42. The maximum atomic E-state index is 12.4. The topological polar surface area (TPSA) is 64.1 Å². The van der Waals surface area contributed by atoms with E-state index in [1.54, 1.807) is 26.1 Å². The minimum atomic E-state index is -2.89. The predicted octanol–water partition coefficient (Wildman–Crippen LogP) is 3.17. The molecule has 0 fully saturated rings. The van der Waals surface area contributed by atoms with E-state index in [0.29, 0.717) is 24.9 Å². The maximum absolute atomic E-state index is 12.4. The number of nitrogens with one attached hydrogen (secondary N) is 2. The van der Waals surface area contributed by atoms with Gasteiger partial charge >= 0.3 is 6.61 Å². The van der Waals surface area contributed by atoms with E-state index >= 15 is 0 Å². The van der Waals surface area contributed by atoms with Gasteiger partial charge in [-0.3, -0.25) is 4.99 Å². The summed E-state index contributed by atoms with van der Waals surface area (Å²) in [5.74, 6) is 1.00. The smallest absolute Gasteiger partial charge is 0.387 e. The average molecular weight is 373 g/mol. The summed E-state index contributed by atoms with van der Waals surface area (Å²) < 4.78 is 40.0. The SMILES string of the molecule is CCOCCCCNC(=NC)NCc1ccc(OC(F)F)c(OCC)c1. The van der Waals surface area contributed by atoms with Gasteiger partial charge in [0, 0.05) is 33.4 Å². The number of guanidine groups is 1. The van der Waals surface area contributed by atoms with Crippen molar-refractivity contribution in [3.8, 4) is 11.5 Å².